The van der Waals surface area contributed by atoms with Gasteiger partial charge < -0.3 is 5.73 Å². The van der Waals surface area contributed by atoms with Crippen molar-refractivity contribution in [2.75, 3.05) is 0 Å². The SMILES string of the molecule is CCC(=CC=C(C)C)S(=O)(=O)n1ccc2nc(CN)cnc21. The van der Waals surface area contributed by atoms with Crippen molar-refractivity contribution in [3.8, 4) is 0 Å². The Morgan fingerprint density at radius 3 is 2.68 bits per heavy atom. The molecule has 0 aliphatic rings. The monoisotopic (exact) mass is 320 g/mol. The van der Waals surface area contributed by atoms with E-state index in [9.17, 15) is 8.42 Å². The van der Waals surface area contributed by atoms with E-state index in [2.05, 4.69) is 9.97 Å². The average Bonchev–Trinajstić information content (AvgIpc) is 2.90. The summed E-state index contributed by atoms with van der Waals surface area (Å²) in [5, 5.41) is 0. The summed E-state index contributed by atoms with van der Waals surface area (Å²) in [6, 6.07) is 1.63. The summed E-state index contributed by atoms with van der Waals surface area (Å²) in [5.41, 5.74) is 8.02. The lowest BCUT2D eigenvalue weighted by Crippen LogP contribution is -2.14. The Hall–Kier alpha value is -1.99. The fourth-order valence-electron chi connectivity index (χ4n) is 1.99. The molecular formula is C15H20N4O2S. The zero-order valence-electron chi connectivity index (χ0n) is 12.9. The van der Waals surface area contributed by atoms with Crippen LogP contribution in [0.15, 0.2) is 41.1 Å². The summed E-state index contributed by atoms with van der Waals surface area (Å²) in [6.45, 7) is 5.91. The molecule has 0 saturated carbocycles. The second-order valence-electron chi connectivity index (χ2n) is 5.12. The number of aromatic nitrogens is 3. The van der Waals surface area contributed by atoms with Gasteiger partial charge in [0.1, 0.15) is 5.52 Å². The van der Waals surface area contributed by atoms with Crippen LogP contribution >= 0.6 is 0 Å². The highest BCUT2D eigenvalue weighted by molar-refractivity contribution is 7.93. The summed E-state index contributed by atoms with van der Waals surface area (Å²) in [4.78, 5) is 8.80. The average molecular weight is 320 g/mol. The van der Waals surface area contributed by atoms with Crippen molar-refractivity contribution in [3.05, 3.63) is 46.8 Å². The maximum absolute atomic E-state index is 12.8. The van der Waals surface area contributed by atoms with Gasteiger partial charge in [-0.3, -0.25) is 0 Å². The van der Waals surface area contributed by atoms with Crippen LogP contribution < -0.4 is 5.73 Å². The Morgan fingerprint density at radius 1 is 1.36 bits per heavy atom. The molecule has 2 heterocycles. The fraction of sp³-hybridized carbons (Fsp3) is 0.333. The van der Waals surface area contributed by atoms with E-state index in [1.807, 2.05) is 20.8 Å². The maximum Gasteiger partial charge on any atom is 0.265 e. The first-order chi connectivity index (χ1) is 10.4. The molecule has 22 heavy (non-hydrogen) atoms. The van der Waals surface area contributed by atoms with Crippen LogP contribution in [0.2, 0.25) is 0 Å². The van der Waals surface area contributed by atoms with Crippen molar-refractivity contribution in [2.45, 2.75) is 33.7 Å². The standard InChI is InChI=1S/C15H20N4O2S/c1-4-13(6-5-11(2)3)22(20,21)19-8-7-14-15(19)17-10-12(9-16)18-14/h5-8,10H,4,9,16H2,1-3H3. The van der Waals surface area contributed by atoms with Gasteiger partial charge in [0.2, 0.25) is 0 Å². The van der Waals surface area contributed by atoms with Crippen molar-refractivity contribution in [3.63, 3.8) is 0 Å². The Kier molecular flexibility index (Phi) is 4.77. The summed E-state index contributed by atoms with van der Waals surface area (Å²) in [5.74, 6) is 0. The fourth-order valence-corrected chi connectivity index (χ4v) is 3.44. The van der Waals surface area contributed by atoms with Crippen LogP contribution in [0.25, 0.3) is 11.2 Å². The zero-order valence-corrected chi connectivity index (χ0v) is 13.8. The van der Waals surface area contributed by atoms with E-state index in [0.717, 1.165) is 5.57 Å². The molecule has 2 rings (SSSR count). The second-order valence-corrected chi connectivity index (χ2v) is 6.99. The largest absolute Gasteiger partial charge is 0.325 e. The predicted octanol–water partition coefficient (Wildman–Crippen LogP) is 2.33. The normalized spacial score (nSPS) is 12.6. The summed E-state index contributed by atoms with van der Waals surface area (Å²) in [7, 11) is -3.65. The van der Waals surface area contributed by atoms with Crippen LogP contribution in [0.5, 0.6) is 0 Å². The third-order valence-electron chi connectivity index (χ3n) is 3.16. The highest BCUT2D eigenvalue weighted by Crippen LogP contribution is 2.21. The molecule has 0 aliphatic carbocycles. The van der Waals surface area contributed by atoms with Gasteiger partial charge in [0.15, 0.2) is 5.65 Å². The van der Waals surface area contributed by atoms with E-state index in [0.29, 0.717) is 28.2 Å². The van der Waals surface area contributed by atoms with E-state index in [1.165, 1.54) is 16.4 Å². The predicted molar refractivity (Wildman–Crippen MR) is 87.5 cm³/mol. The highest BCUT2D eigenvalue weighted by Gasteiger charge is 2.21. The van der Waals surface area contributed by atoms with Crippen molar-refractivity contribution in [1.82, 2.24) is 13.9 Å². The topological polar surface area (TPSA) is 90.9 Å². The van der Waals surface area contributed by atoms with Gasteiger partial charge in [-0.05, 0) is 32.4 Å². The van der Waals surface area contributed by atoms with E-state index in [4.69, 9.17) is 5.73 Å². The zero-order chi connectivity index (χ0) is 16.3. The molecule has 0 amide bonds. The number of nitrogens with two attached hydrogens (primary N) is 1. The molecule has 2 aromatic heterocycles. The molecule has 7 heteroatoms. The van der Waals surface area contributed by atoms with Gasteiger partial charge in [0.25, 0.3) is 10.0 Å². The minimum absolute atomic E-state index is 0.265. The van der Waals surface area contributed by atoms with Crippen molar-refractivity contribution in [1.29, 1.82) is 0 Å². The molecule has 2 aromatic rings. The minimum atomic E-state index is -3.65. The Labute approximate surface area is 130 Å². The van der Waals surface area contributed by atoms with E-state index in [1.54, 1.807) is 18.2 Å². The van der Waals surface area contributed by atoms with Crippen LogP contribution in [-0.4, -0.2) is 22.4 Å². The Morgan fingerprint density at radius 2 is 2.09 bits per heavy atom. The van der Waals surface area contributed by atoms with E-state index in [-0.39, 0.29) is 6.54 Å². The molecule has 0 bridgehead atoms. The first-order valence-corrected chi connectivity index (χ1v) is 8.46. The van der Waals surface area contributed by atoms with Gasteiger partial charge >= 0.3 is 0 Å². The number of hydrogen-bond donors (Lipinski definition) is 1. The molecule has 0 aliphatic heterocycles. The summed E-state index contributed by atoms with van der Waals surface area (Å²) < 4.78 is 26.7. The van der Waals surface area contributed by atoms with Gasteiger partial charge in [-0.25, -0.2) is 22.4 Å². The number of nitrogens with zero attached hydrogens (tertiary/aromatic N) is 3. The molecule has 0 atom stereocenters. The first-order valence-electron chi connectivity index (χ1n) is 7.02. The minimum Gasteiger partial charge on any atom is -0.325 e. The van der Waals surface area contributed by atoms with Crippen molar-refractivity contribution in [2.24, 2.45) is 5.73 Å². The number of rotatable bonds is 5. The smallest absolute Gasteiger partial charge is 0.265 e. The van der Waals surface area contributed by atoms with Crippen LogP contribution in [0.3, 0.4) is 0 Å². The van der Waals surface area contributed by atoms with Crippen LogP contribution in [0, 0.1) is 0 Å². The quantitative estimate of drug-likeness (QED) is 0.854. The Bertz CT molecular complexity index is 844. The van der Waals surface area contributed by atoms with Gasteiger partial charge in [0, 0.05) is 12.7 Å². The molecule has 118 valence electrons. The highest BCUT2D eigenvalue weighted by atomic mass is 32.2. The van der Waals surface area contributed by atoms with Crippen molar-refractivity contribution < 1.29 is 8.42 Å². The molecule has 0 fully saturated rings. The van der Waals surface area contributed by atoms with Crippen LogP contribution in [0.1, 0.15) is 32.9 Å². The van der Waals surface area contributed by atoms with Gasteiger partial charge in [-0.1, -0.05) is 18.6 Å². The van der Waals surface area contributed by atoms with Crippen molar-refractivity contribution >= 4 is 21.2 Å². The molecular weight excluding hydrogens is 300 g/mol. The lowest BCUT2D eigenvalue weighted by molar-refractivity contribution is 0.593. The van der Waals surface area contributed by atoms with E-state index < -0.39 is 10.0 Å². The van der Waals surface area contributed by atoms with Gasteiger partial charge in [-0.15, -0.1) is 0 Å². The molecule has 0 saturated heterocycles. The lowest BCUT2D eigenvalue weighted by Gasteiger charge is -2.09. The number of hydrogen-bond acceptors (Lipinski definition) is 5. The molecule has 0 spiro atoms. The summed E-state index contributed by atoms with van der Waals surface area (Å²) in [6.07, 6.45) is 6.81. The van der Waals surface area contributed by atoms with Crippen LogP contribution in [0.4, 0.5) is 0 Å². The second kappa shape index (κ2) is 6.41. The molecule has 0 unspecified atom stereocenters. The van der Waals surface area contributed by atoms with E-state index >= 15 is 0 Å². The molecule has 0 aromatic carbocycles. The third-order valence-corrected chi connectivity index (χ3v) is 5.06. The molecule has 6 nitrogen and oxygen atoms in total. The maximum atomic E-state index is 12.8. The van der Waals surface area contributed by atoms with Gasteiger partial charge in [-0.2, -0.15) is 0 Å². The number of allylic oxidation sites excluding steroid dienone is 4. The molecule has 2 N–H and O–H groups in total. The number of fused-ring (bicyclic) bond motifs is 1. The molecule has 0 radical (unpaired) electrons. The third kappa shape index (κ3) is 3.10. The van der Waals surface area contributed by atoms with Crippen LogP contribution in [-0.2, 0) is 16.6 Å². The first kappa shape index (κ1) is 16.4. The Balaban J connectivity index is 2.58. The van der Waals surface area contributed by atoms with Gasteiger partial charge in [0.05, 0.1) is 16.8 Å². The lowest BCUT2D eigenvalue weighted by atomic mass is 10.3. The summed E-state index contributed by atoms with van der Waals surface area (Å²) >= 11 is 0.